The lowest BCUT2D eigenvalue weighted by Gasteiger charge is -2.31. The zero-order chi connectivity index (χ0) is 9.19. The summed E-state index contributed by atoms with van der Waals surface area (Å²) in [6.07, 6.45) is 1.20. The van der Waals surface area contributed by atoms with Crippen LogP contribution in [0, 0.1) is 5.41 Å². The van der Waals surface area contributed by atoms with E-state index in [9.17, 15) is 9.18 Å². The third-order valence-electron chi connectivity index (χ3n) is 1.76. The molecule has 1 fully saturated rings. The van der Waals surface area contributed by atoms with Gasteiger partial charge in [-0.15, -0.1) is 6.58 Å². The van der Waals surface area contributed by atoms with Crippen molar-refractivity contribution in [3.8, 4) is 0 Å². The van der Waals surface area contributed by atoms with Gasteiger partial charge in [0.05, 0.1) is 13.2 Å². The molecule has 0 saturated carbocycles. The maximum absolute atomic E-state index is 12.3. The summed E-state index contributed by atoms with van der Waals surface area (Å²) in [7, 11) is 0. The van der Waals surface area contributed by atoms with Crippen LogP contribution >= 0.6 is 0 Å². The first-order valence-corrected chi connectivity index (χ1v) is 3.35. The molecule has 0 aliphatic carbocycles. The zero-order valence-corrected chi connectivity index (χ0v) is 6.33. The third-order valence-corrected chi connectivity index (χ3v) is 1.76. The monoisotopic (exact) mass is 176 g/mol. The SMILES string of the molecule is C=CC1(C(=O)O)COC(F)OC1. The van der Waals surface area contributed by atoms with E-state index in [-0.39, 0.29) is 13.2 Å². The molecule has 1 rings (SSSR count). The highest BCUT2D eigenvalue weighted by Gasteiger charge is 2.41. The second-order valence-electron chi connectivity index (χ2n) is 2.56. The van der Waals surface area contributed by atoms with Crippen LogP contribution in [0.2, 0.25) is 0 Å². The Kier molecular flexibility index (Phi) is 2.44. The molecule has 0 unspecified atom stereocenters. The molecule has 5 heteroatoms. The average molecular weight is 176 g/mol. The Bertz CT molecular complexity index is 196. The molecule has 4 nitrogen and oxygen atoms in total. The van der Waals surface area contributed by atoms with Crippen LogP contribution in [0.5, 0.6) is 0 Å². The molecule has 0 atom stereocenters. The van der Waals surface area contributed by atoms with Crippen molar-refractivity contribution in [3.05, 3.63) is 12.7 Å². The summed E-state index contributed by atoms with van der Waals surface area (Å²) in [4.78, 5) is 10.7. The minimum absolute atomic E-state index is 0.243. The molecule has 0 amide bonds. The average Bonchev–Trinajstić information content (AvgIpc) is 2.06. The van der Waals surface area contributed by atoms with E-state index in [1.54, 1.807) is 0 Å². The molecule has 0 spiro atoms. The molecule has 0 aromatic rings. The van der Waals surface area contributed by atoms with Gasteiger partial charge in [0.1, 0.15) is 5.41 Å². The zero-order valence-electron chi connectivity index (χ0n) is 6.33. The molecule has 1 heterocycles. The number of hydrogen-bond acceptors (Lipinski definition) is 3. The number of carboxylic acids is 1. The van der Waals surface area contributed by atoms with Crippen molar-refractivity contribution in [1.82, 2.24) is 0 Å². The quantitative estimate of drug-likeness (QED) is 0.624. The topological polar surface area (TPSA) is 55.8 Å². The highest BCUT2D eigenvalue weighted by molar-refractivity contribution is 5.77. The van der Waals surface area contributed by atoms with Crippen LogP contribution in [-0.2, 0) is 14.3 Å². The highest BCUT2D eigenvalue weighted by atomic mass is 19.2. The van der Waals surface area contributed by atoms with Gasteiger partial charge in [-0.25, -0.2) is 0 Å². The van der Waals surface area contributed by atoms with Crippen molar-refractivity contribution in [1.29, 1.82) is 0 Å². The van der Waals surface area contributed by atoms with Crippen LogP contribution in [0.4, 0.5) is 4.39 Å². The normalized spacial score (nSPS) is 35.9. The Balaban J connectivity index is 2.70. The van der Waals surface area contributed by atoms with Crippen LogP contribution in [0.1, 0.15) is 0 Å². The molecule has 1 aliphatic heterocycles. The van der Waals surface area contributed by atoms with Crippen molar-refractivity contribution in [2.45, 2.75) is 6.54 Å². The van der Waals surface area contributed by atoms with Gasteiger partial charge in [-0.05, 0) is 0 Å². The van der Waals surface area contributed by atoms with Gasteiger partial charge >= 0.3 is 12.5 Å². The number of halogens is 1. The van der Waals surface area contributed by atoms with Gasteiger partial charge in [0.15, 0.2) is 0 Å². The number of carbonyl (C=O) groups is 1. The molecule has 0 bridgehead atoms. The lowest BCUT2D eigenvalue weighted by atomic mass is 9.90. The minimum Gasteiger partial charge on any atom is -0.480 e. The lowest BCUT2D eigenvalue weighted by molar-refractivity contribution is -0.275. The summed E-state index contributed by atoms with van der Waals surface area (Å²) >= 11 is 0. The second kappa shape index (κ2) is 3.20. The van der Waals surface area contributed by atoms with Gasteiger partial charge < -0.3 is 14.6 Å². The van der Waals surface area contributed by atoms with E-state index < -0.39 is 17.9 Å². The lowest BCUT2D eigenvalue weighted by Crippen LogP contribution is -2.44. The summed E-state index contributed by atoms with van der Waals surface area (Å²) in [5.41, 5.74) is -1.30. The summed E-state index contributed by atoms with van der Waals surface area (Å²) < 4.78 is 21.1. The van der Waals surface area contributed by atoms with E-state index in [1.807, 2.05) is 0 Å². The van der Waals surface area contributed by atoms with Crippen LogP contribution in [-0.4, -0.2) is 30.8 Å². The number of aliphatic carboxylic acids is 1. The molecule has 12 heavy (non-hydrogen) atoms. The number of carboxylic acid groups (broad SMARTS) is 1. The van der Waals surface area contributed by atoms with Crippen molar-refractivity contribution >= 4 is 5.97 Å². The fraction of sp³-hybridized carbons (Fsp3) is 0.571. The maximum Gasteiger partial charge on any atom is 0.318 e. The summed E-state index contributed by atoms with van der Waals surface area (Å²) in [5.74, 6) is -1.12. The summed E-state index contributed by atoms with van der Waals surface area (Å²) in [6, 6.07) is 0. The molecule has 0 radical (unpaired) electrons. The van der Waals surface area contributed by atoms with Crippen molar-refractivity contribution < 1.29 is 23.8 Å². The molecular formula is C7H9FO4. The molecule has 68 valence electrons. The van der Waals surface area contributed by atoms with E-state index in [0.717, 1.165) is 0 Å². The first kappa shape index (κ1) is 9.15. The smallest absolute Gasteiger partial charge is 0.318 e. The number of hydrogen-bond donors (Lipinski definition) is 1. The van der Waals surface area contributed by atoms with Gasteiger partial charge in [-0.3, -0.25) is 4.79 Å². The maximum atomic E-state index is 12.3. The largest absolute Gasteiger partial charge is 0.480 e. The van der Waals surface area contributed by atoms with Crippen LogP contribution in [0.15, 0.2) is 12.7 Å². The summed E-state index contributed by atoms with van der Waals surface area (Å²) in [6.45, 7) is 1.03. The van der Waals surface area contributed by atoms with Gasteiger partial charge in [0, 0.05) is 0 Å². The highest BCUT2D eigenvalue weighted by Crippen LogP contribution is 2.26. The number of rotatable bonds is 2. The van der Waals surface area contributed by atoms with Gasteiger partial charge in [0.25, 0.3) is 0 Å². The third kappa shape index (κ3) is 1.46. The van der Waals surface area contributed by atoms with Crippen molar-refractivity contribution in [2.24, 2.45) is 5.41 Å². The van der Waals surface area contributed by atoms with Gasteiger partial charge in [-0.1, -0.05) is 6.08 Å². The number of ether oxygens (including phenoxy) is 2. The van der Waals surface area contributed by atoms with Crippen LogP contribution < -0.4 is 0 Å². The first-order valence-electron chi connectivity index (χ1n) is 3.35. The molecule has 0 aromatic carbocycles. The number of alkyl halides is 1. The molecule has 1 N–H and O–H groups in total. The predicted octanol–water partition coefficient (Wildman–Crippen LogP) is 0.543. The van der Waals surface area contributed by atoms with Crippen LogP contribution in [0.3, 0.4) is 0 Å². The Labute approximate surface area is 68.6 Å². The fourth-order valence-corrected chi connectivity index (χ4v) is 0.847. The first-order chi connectivity index (χ1) is 5.60. The standard InChI is InChI=1S/C7H9FO4/c1-2-7(5(9)10)3-11-6(8)12-4-7/h2,6H,1,3-4H2,(H,9,10). The van der Waals surface area contributed by atoms with Crippen molar-refractivity contribution in [3.63, 3.8) is 0 Å². The fourth-order valence-electron chi connectivity index (χ4n) is 0.847. The Hall–Kier alpha value is -0.940. The Morgan fingerprint density at radius 1 is 1.67 bits per heavy atom. The molecule has 1 aliphatic rings. The predicted molar refractivity (Wildman–Crippen MR) is 37.1 cm³/mol. The van der Waals surface area contributed by atoms with Gasteiger partial charge in [0.2, 0.25) is 0 Å². The molecule has 1 saturated heterocycles. The van der Waals surface area contributed by atoms with E-state index in [1.165, 1.54) is 6.08 Å². The van der Waals surface area contributed by atoms with Crippen LogP contribution in [0.25, 0.3) is 0 Å². The second-order valence-corrected chi connectivity index (χ2v) is 2.56. The summed E-state index contributed by atoms with van der Waals surface area (Å²) in [5, 5.41) is 8.72. The van der Waals surface area contributed by atoms with E-state index >= 15 is 0 Å². The Morgan fingerprint density at radius 3 is 2.50 bits per heavy atom. The van der Waals surface area contributed by atoms with E-state index in [4.69, 9.17) is 5.11 Å². The minimum atomic E-state index is -1.82. The van der Waals surface area contributed by atoms with Crippen molar-refractivity contribution in [2.75, 3.05) is 13.2 Å². The molecular weight excluding hydrogens is 167 g/mol. The van der Waals surface area contributed by atoms with Gasteiger partial charge in [-0.2, -0.15) is 4.39 Å². The van der Waals surface area contributed by atoms with E-state index in [0.29, 0.717) is 0 Å². The Morgan fingerprint density at radius 2 is 2.17 bits per heavy atom. The molecule has 0 aromatic heterocycles. The van der Waals surface area contributed by atoms with E-state index in [2.05, 4.69) is 16.1 Å².